The molecule has 1 unspecified atom stereocenters. The first-order valence-electron chi connectivity index (χ1n) is 7.42. The van der Waals surface area contributed by atoms with E-state index in [4.69, 9.17) is 14.2 Å². The topological polar surface area (TPSA) is 39.7 Å². The molecule has 1 rings (SSSR count). The number of methoxy groups -OCH3 is 1. The second-order valence-corrected chi connectivity index (χ2v) is 4.74. The normalized spacial score (nSPS) is 12.4. The van der Waals surface area contributed by atoms with E-state index in [0.29, 0.717) is 38.6 Å². The number of benzene rings is 1. The predicted molar refractivity (Wildman–Crippen MR) is 81.3 cm³/mol. The lowest BCUT2D eigenvalue weighted by molar-refractivity contribution is 0.0641. The molecule has 0 aliphatic rings. The molecule has 0 aliphatic heterocycles. The molecule has 0 saturated carbocycles. The number of para-hydroxylation sites is 1. The van der Waals surface area contributed by atoms with Gasteiger partial charge >= 0.3 is 0 Å². The van der Waals surface area contributed by atoms with Crippen LogP contribution in [0.15, 0.2) is 18.2 Å². The highest BCUT2D eigenvalue weighted by molar-refractivity contribution is 5.37. The molecule has 0 bridgehead atoms. The number of hydrogen-bond donors (Lipinski definition) is 1. The SMILES string of the molecule is CCNC(C)c1cccc(F)c1OCCCOCCOC. The van der Waals surface area contributed by atoms with Crippen LogP contribution in [-0.4, -0.2) is 40.1 Å². The quantitative estimate of drug-likeness (QED) is 0.638. The van der Waals surface area contributed by atoms with Gasteiger partial charge in [-0.3, -0.25) is 0 Å². The molecule has 0 heterocycles. The highest BCUT2D eigenvalue weighted by atomic mass is 19.1. The van der Waals surface area contributed by atoms with Crippen LogP contribution in [0.2, 0.25) is 0 Å². The fourth-order valence-electron chi connectivity index (χ4n) is 2.01. The Morgan fingerprint density at radius 1 is 1.19 bits per heavy atom. The molecule has 1 atom stereocenters. The van der Waals surface area contributed by atoms with Crippen LogP contribution in [-0.2, 0) is 9.47 Å². The van der Waals surface area contributed by atoms with Crippen LogP contribution in [0.1, 0.15) is 31.9 Å². The number of nitrogens with one attached hydrogen (secondary N) is 1. The van der Waals surface area contributed by atoms with Crippen molar-refractivity contribution in [2.24, 2.45) is 0 Å². The van der Waals surface area contributed by atoms with Crippen LogP contribution in [0.3, 0.4) is 0 Å². The first-order chi connectivity index (χ1) is 10.2. The summed E-state index contributed by atoms with van der Waals surface area (Å²) in [6.45, 7) is 7.00. The van der Waals surface area contributed by atoms with Crippen molar-refractivity contribution in [3.63, 3.8) is 0 Å². The van der Waals surface area contributed by atoms with E-state index >= 15 is 0 Å². The monoisotopic (exact) mass is 299 g/mol. The van der Waals surface area contributed by atoms with E-state index in [1.54, 1.807) is 13.2 Å². The Labute approximate surface area is 126 Å². The summed E-state index contributed by atoms with van der Waals surface area (Å²) in [7, 11) is 1.64. The fraction of sp³-hybridized carbons (Fsp3) is 0.625. The van der Waals surface area contributed by atoms with Crippen molar-refractivity contribution in [3.8, 4) is 5.75 Å². The number of halogens is 1. The van der Waals surface area contributed by atoms with Gasteiger partial charge < -0.3 is 19.5 Å². The molecule has 1 aromatic carbocycles. The molecule has 1 N–H and O–H groups in total. The zero-order chi connectivity index (χ0) is 15.5. The van der Waals surface area contributed by atoms with E-state index in [9.17, 15) is 4.39 Å². The van der Waals surface area contributed by atoms with Gasteiger partial charge in [-0.2, -0.15) is 0 Å². The standard InChI is InChI=1S/C16H26FNO3/c1-4-18-13(2)14-7-5-8-15(17)16(14)21-10-6-9-20-12-11-19-3/h5,7-8,13,18H,4,6,9-12H2,1-3H3. The Hall–Kier alpha value is -1.17. The molecule has 0 saturated heterocycles. The summed E-state index contributed by atoms with van der Waals surface area (Å²) in [6.07, 6.45) is 0.715. The molecule has 4 nitrogen and oxygen atoms in total. The Morgan fingerprint density at radius 3 is 2.71 bits per heavy atom. The first kappa shape index (κ1) is 17.9. The Morgan fingerprint density at radius 2 is 2.00 bits per heavy atom. The van der Waals surface area contributed by atoms with Crippen molar-refractivity contribution in [2.45, 2.75) is 26.3 Å². The molecule has 0 aromatic heterocycles. The Balaban J connectivity index is 2.46. The van der Waals surface area contributed by atoms with Gasteiger partial charge in [0.1, 0.15) is 0 Å². The minimum absolute atomic E-state index is 0.0543. The van der Waals surface area contributed by atoms with Gasteiger partial charge in [0.25, 0.3) is 0 Å². The summed E-state index contributed by atoms with van der Waals surface area (Å²) in [5.74, 6) is 0.0143. The molecule has 0 aliphatic carbocycles. The number of rotatable bonds is 11. The molecule has 120 valence electrons. The van der Waals surface area contributed by atoms with Gasteiger partial charge in [-0.15, -0.1) is 0 Å². The van der Waals surface area contributed by atoms with Gasteiger partial charge in [0, 0.05) is 31.7 Å². The molecule has 0 amide bonds. The van der Waals surface area contributed by atoms with E-state index in [2.05, 4.69) is 5.32 Å². The highest BCUT2D eigenvalue weighted by Crippen LogP contribution is 2.28. The molecule has 1 aromatic rings. The van der Waals surface area contributed by atoms with Crippen LogP contribution in [0.5, 0.6) is 5.75 Å². The number of ether oxygens (including phenoxy) is 3. The minimum atomic E-state index is -0.322. The third-order valence-corrected chi connectivity index (χ3v) is 3.09. The van der Waals surface area contributed by atoms with Crippen LogP contribution in [0.25, 0.3) is 0 Å². The van der Waals surface area contributed by atoms with Crippen LogP contribution in [0.4, 0.5) is 4.39 Å². The molecular weight excluding hydrogens is 273 g/mol. The first-order valence-corrected chi connectivity index (χ1v) is 7.42. The Kier molecular flexibility index (Phi) is 8.98. The van der Waals surface area contributed by atoms with Gasteiger partial charge in [-0.25, -0.2) is 4.39 Å². The van der Waals surface area contributed by atoms with Crippen molar-refractivity contribution in [1.82, 2.24) is 5.32 Å². The van der Waals surface area contributed by atoms with E-state index in [-0.39, 0.29) is 11.9 Å². The maximum Gasteiger partial charge on any atom is 0.165 e. The highest BCUT2D eigenvalue weighted by Gasteiger charge is 2.14. The lowest BCUT2D eigenvalue weighted by Gasteiger charge is -2.18. The summed E-state index contributed by atoms with van der Waals surface area (Å²) in [5.41, 5.74) is 0.845. The van der Waals surface area contributed by atoms with E-state index in [1.165, 1.54) is 6.07 Å². The summed E-state index contributed by atoms with van der Waals surface area (Å²) in [4.78, 5) is 0. The van der Waals surface area contributed by atoms with Crippen LogP contribution < -0.4 is 10.1 Å². The van der Waals surface area contributed by atoms with E-state index in [0.717, 1.165) is 12.1 Å². The number of hydrogen-bond acceptors (Lipinski definition) is 4. The van der Waals surface area contributed by atoms with Gasteiger partial charge in [0.15, 0.2) is 11.6 Å². The van der Waals surface area contributed by atoms with Crippen LogP contribution in [0, 0.1) is 5.82 Å². The largest absolute Gasteiger partial charge is 0.490 e. The summed E-state index contributed by atoms with van der Waals surface area (Å²) in [5, 5.41) is 3.27. The van der Waals surface area contributed by atoms with Crippen molar-refractivity contribution in [1.29, 1.82) is 0 Å². The summed E-state index contributed by atoms with van der Waals surface area (Å²) in [6, 6.07) is 5.07. The molecular formula is C16H26FNO3. The summed E-state index contributed by atoms with van der Waals surface area (Å²) >= 11 is 0. The smallest absolute Gasteiger partial charge is 0.165 e. The zero-order valence-electron chi connectivity index (χ0n) is 13.2. The van der Waals surface area contributed by atoms with E-state index in [1.807, 2.05) is 19.9 Å². The molecule has 0 fully saturated rings. The lowest BCUT2D eigenvalue weighted by atomic mass is 10.1. The molecule has 21 heavy (non-hydrogen) atoms. The predicted octanol–water partition coefficient (Wildman–Crippen LogP) is 2.93. The van der Waals surface area contributed by atoms with Crippen molar-refractivity contribution < 1.29 is 18.6 Å². The zero-order valence-corrected chi connectivity index (χ0v) is 13.2. The third kappa shape index (κ3) is 6.42. The fourth-order valence-corrected chi connectivity index (χ4v) is 2.01. The lowest BCUT2D eigenvalue weighted by Crippen LogP contribution is -2.19. The maximum absolute atomic E-state index is 13.9. The molecule has 0 spiro atoms. The maximum atomic E-state index is 13.9. The molecule has 5 heteroatoms. The second-order valence-electron chi connectivity index (χ2n) is 4.74. The van der Waals surface area contributed by atoms with Crippen LogP contribution >= 0.6 is 0 Å². The second kappa shape index (κ2) is 10.5. The van der Waals surface area contributed by atoms with Gasteiger partial charge in [-0.1, -0.05) is 19.1 Å². The summed E-state index contributed by atoms with van der Waals surface area (Å²) < 4.78 is 29.8. The van der Waals surface area contributed by atoms with Gasteiger partial charge in [0.2, 0.25) is 0 Å². The van der Waals surface area contributed by atoms with Crippen molar-refractivity contribution >= 4 is 0 Å². The van der Waals surface area contributed by atoms with Gasteiger partial charge in [0.05, 0.1) is 19.8 Å². The minimum Gasteiger partial charge on any atom is -0.490 e. The average molecular weight is 299 g/mol. The Bertz CT molecular complexity index is 401. The van der Waals surface area contributed by atoms with Crippen molar-refractivity contribution in [2.75, 3.05) is 40.1 Å². The average Bonchev–Trinajstić information content (AvgIpc) is 2.47. The van der Waals surface area contributed by atoms with Crippen molar-refractivity contribution in [3.05, 3.63) is 29.6 Å². The van der Waals surface area contributed by atoms with E-state index < -0.39 is 0 Å². The third-order valence-electron chi connectivity index (χ3n) is 3.09. The van der Waals surface area contributed by atoms with Gasteiger partial charge in [-0.05, 0) is 19.5 Å². The molecule has 0 radical (unpaired) electrons.